The Bertz CT molecular complexity index is 367. The van der Waals surface area contributed by atoms with Crippen molar-refractivity contribution in [3.8, 4) is 5.75 Å². The van der Waals surface area contributed by atoms with Crippen LogP contribution in [-0.2, 0) is 0 Å². The van der Waals surface area contributed by atoms with E-state index in [0.717, 1.165) is 38.2 Å². The zero-order valence-electron chi connectivity index (χ0n) is 12.0. The number of nitrogens with zero attached hydrogens (tertiary/aromatic N) is 1. The lowest BCUT2D eigenvalue weighted by atomic mass is 10.0. The molecule has 1 saturated heterocycles. The number of benzene rings is 1. The highest BCUT2D eigenvalue weighted by atomic mass is 16.5. The number of piperidine rings is 1. The summed E-state index contributed by atoms with van der Waals surface area (Å²) in [6.07, 6.45) is 2.41. The van der Waals surface area contributed by atoms with E-state index in [0.29, 0.717) is 12.0 Å². The van der Waals surface area contributed by atoms with E-state index in [-0.39, 0.29) is 6.61 Å². The highest BCUT2D eigenvalue weighted by Crippen LogP contribution is 2.22. The average molecular weight is 263 g/mol. The maximum absolute atomic E-state index is 8.92. The Balaban J connectivity index is 1.82. The second-order valence-electron chi connectivity index (χ2n) is 5.61. The summed E-state index contributed by atoms with van der Waals surface area (Å²) in [5.41, 5.74) is 1.35. The third kappa shape index (κ3) is 4.22. The fourth-order valence-corrected chi connectivity index (χ4v) is 2.52. The van der Waals surface area contributed by atoms with Gasteiger partial charge in [0, 0.05) is 19.6 Å². The van der Waals surface area contributed by atoms with E-state index in [2.05, 4.69) is 43.0 Å². The van der Waals surface area contributed by atoms with Gasteiger partial charge in [-0.3, -0.25) is 0 Å². The monoisotopic (exact) mass is 263 g/mol. The minimum Gasteiger partial charge on any atom is -0.490 e. The van der Waals surface area contributed by atoms with Crippen molar-refractivity contribution in [1.29, 1.82) is 0 Å². The minimum atomic E-state index is 0.252. The molecule has 3 nitrogen and oxygen atoms in total. The van der Waals surface area contributed by atoms with Crippen molar-refractivity contribution in [2.45, 2.75) is 38.7 Å². The molecule has 0 radical (unpaired) electrons. The molecule has 1 heterocycles. The standard InChI is InChI=1S/C16H25NO2/c1-13(2)14-3-5-15(6-4-14)19-16-7-9-17(10-8-16)11-12-18/h3-6,13,16,18H,7-12H2,1-2H3. The van der Waals surface area contributed by atoms with Crippen LogP contribution >= 0.6 is 0 Å². The predicted octanol–water partition coefficient (Wildman–Crippen LogP) is 2.65. The number of rotatable bonds is 5. The molecule has 0 amide bonds. The second-order valence-corrected chi connectivity index (χ2v) is 5.61. The summed E-state index contributed by atoms with van der Waals surface area (Å²) < 4.78 is 6.03. The van der Waals surface area contributed by atoms with Crippen LogP contribution in [0.25, 0.3) is 0 Å². The highest BCUT2D eigenvalue weighted by Gasteiger charge is 2.19. The zero-order chi connectivity index (χ0) is 13.7. The van der Waals surface area contributed by atoms with Crippen LogP contribution in [-0.4, -0.2) is 42.4 Å². The van der Waals surface area contributed by atoms with Gasteiger partial charge in [0.2, 0.25) is 0 Å². The van der Waals surface area contributed by atoms with E-state index in [1.165, 1.54) is 5.56 Å². The first-order valence-electron chi connectivity index (χ1n) is 7.29. The number of hydrogen-bond acceptors (Lipinski definition) is 3. The van der Waals surface area contributed by atoms with Gasteiger partial charge in [0.1, 0.15) is 11.9 Å². The molecule has 0 bridgehead atoms. The van der Waals surface area contributed by atoms with E-state index >= 15 is 0 Å². The lowest BCUT2D eigenvalue weighted by Gasteiger charge is -2.31. The number of likely N-dealkylation sites (tertiary alicyclic amines) is 1. The van der Waals surface area contributed by atoms with Gasteiger partial charge in [-0.15, -0.1) is 0 Å². The van der Waals surface area contributed by atoms with E-state index in [9.17, 15) is 0 Å². The number of aliphatic hydroxyl groups excluding tert-OH is 1. The molecule has 1 N–H and O–H groups in total. The van der Waals surface area contributed by atoms with E-state index < -0.39 is 0 Å². The molecule has 0 unspecified atom stereocenters. The first-order chi connectivity index (χ1) is 9.19. The Morgan fingerprint density at radius 2 is 1.84 bits per heavy atom. The lowest BCUT2D eigenvalue weighted by Crippen LogP contribution is -2.39. The fourth-order valence-electron chi connectivity index (χ4n) is 2.52. The summed E-state index contributed by atoms with van der Waals surface area (Å²) in [5, 5.41) is 8.92. The molecule has 1 fully saturated rings. The Morgan fingerprint density at radius 1 is 1.21 bits per heavy atom. The molecule has 0 atom stereocenters. The summed E-state index contributed by atoms with van der Waals surface area (Å²) in [7, 11) is 0. The van der Waals surface area contributed by atoms with E-state index in [1.807, 2.05) is 0 Å². The van der Waals surface area contributed by atoms with Gasteiger partial charge >= 0.3 is 0 Å². The van der Waals surface area contributed by atoms with Gasteiger partial charge < -0.3 is 14.7 Å². The van der Waals surface area contributed by atoms with Gasteiger partial charge in [-0.1, -0.05) is 26.0 Å². The van der Waals surface area contributed by atoms with Gasteiger partial charge in [0.05, 0.1) is 6.61 Å². The third-order valence-electron chi connectivity index (χ3n) is 3.80. The van der Waals surface area contributed by atoms with Crippen LogP contribution in [0.3, 0.4) is 0 Å². The number of hydrogen-bond donors (Lipinski definition) is 1. The van der Waals surface area contributed by atoms with Gasteiger partial charge in [-0.25, -0.2) is 0 Å². The molecular formula is C16H25NO2. The summed E-state index contributed by atoms with van der Waals surface area (Å²) >= 11 is 0. The zero-order valence-corrected chi connectivity index (χ0v) is 12.0. The molecule has 106 valence electrons. The lowest BCUT2D eigenvalue weighted by molar-refractivity contribution is 0.0889. The summed E-state index contributed by atoms with van der Waals surface area (Å²) in [6, 6.07) is 8.46. The molecule has 0 spiro atoms. The van der Waals surface area contributed by atoms with Crippen molar-refractivity contribution < 1.29 is 9.84 Å². The van der Waals surface area contributed by atoms with Crippen molar-refractivity contribution in [3.63, 3.8) is 0 Å². The second kappa shape index (κ2) is 6.92. The van der Waals surface area contributed by atoms with Crippen LogP contribution in [0.15, 0.2) is 24.3 Å². The molecule has 2 rings (SSSR count). The Kier molecular flexibility index (Phi) is 5.23. The van der Waals surface area contributed by atoms with Crippen LogP contribution in [0.2, 0.25) is 0 Å². The van der Waals surface area contributed by atoms with Gasteiger partial charge in [0.15, 0.2) is 0 Å². The normalized spacial score (nSPS) is 17.9. The Morgan fingerprint density at radius 3 is 2.37 bits per heavy atom. The third-order valence-corrected chi connectivity index (χ3v) is 3.80. The largest absolute Gasteiger partial charge is 0.490 e. The molecule has 1 aromatic carbocycles. The predicted molar refractivity (Wildman–Crippen MR) is 77.7 cm³/mol. The molecule has 1 aromatic rings. The van der Waals surface area contributed by atoms with Crippen molar-refractivity contribution >= 4 is 0 Å². The molecule has 1 aliphatic heterocycles. The highest BCUT2D eigenvalue weighted by molar-refractivity contribution is 5.29. The topological polar surface area (TPSA) is 32.7 Å². The van der Waals surface area contributed by atoms with Crippen LogP contribution in [0, 0.1) is 0 Å². The molecule has 0 aromatic heterocycles. The minimum absolute atomic E-state index is 0.252. The maximum Gasteiger partial charge on any atom is 0.119 e. The summed E-state index contributed by atoms with van der Waals surface area (Å²) in [5.74, 6) is 1.54. The summed E-state index contributed by atoms with van der Waals surface area (Å²) in [4.78, 5) is 2.29. The number of aliphatic hydroxyl groups is 1. The maximum atomic E-state index is 8.92. The molecule has 3 heteroatoms. The smallest absolute Gasteiger partial charge is 0.119 e. The first-order valence-corrected chi connectivity index (χ1v) is 7.29. The van der Waals surface area contributed by atoms with Gasteiger partial charge in [-0.2, -0.15) is 0 Å². The van der Waals surface area contributed by atoms with Crippen molar-refractivity contribution in [3.05, 3.63) is 29.8 Å². The van der Waals surface area contributed by atoms with Crippen LogP contribution in [0.1, 0.15) is 38.2 Å². The van der Waals surface area contributed by atoms with Gasteiger partial charge in [0.25, 0.3) is 0 Å². The quantitative estimate of drug-likeness (QED) is 0.886. The average Bonchev–Trinajstić information content (AvgIpc) is 2.42. The molecule has 19 heavy (non-hydrogen) atoms. The molecular weight excluding hydrogens is 238 g/mol. The SMILES string of the molecule is CC(C)c1ccc(OC2CCN(CCO)CC2)cc1. The van der Waals surface area contributed by atoms with Gasteiger partial charge in [-0.05, 0) is 36.5 Å². The van der Waals surface area contributed by atoms with Crippen molar-refractivity contribution in [2.75, 3.05) is 26.2 Å². The number of β-amino-alcohol motifs (C(OH)–C–C–N with tert-alkyl or cyclic N) is 1. The van der Waals surface area contributed by atoms with E-state index in [1.54, 1.807) is 0 Å². The van der Waals surface area contributed by atoms with Crippen molar-refractivity contribution in [2.24, 2.45) is 0 Å². The number of ether oxygens (including phenoxy) is 1. The van der Waals surface area contributed by atoms with Crippen LogP contribution in [0.4, 0.5) is 0 Å². The Hall–Kier alpha value is -1.06. The fraction of sp³-hybridized carbons (Fsp3) is 0.625. The van der Waals surface area contributed by atoms with Crippen LogP contribution < -0.4 is 4.74 Å². The van der Waals surface area contributed by atoms with Crippen LogP contribution in [0.5, 0.6) is 5.75 Å². The summed E-state index contributed by atoms with van der Waals surface area (Å²) in [6.45, 7) is 7.49. The Labute approximate surface area is 116 Å². The molecule has 1 aliphatic rings. The van der Waals surface area contributed by atoms with Crippen molar-refractivity contribution in [1.82, 2.24) is 4.90 Å². The molecule has 0 saturated carbocycles. The van der Waals surface area contributed by atoms with E-state index in [4.69, 9.17) is 9.84 Å². The first kappa shape index (κ1) is 14.4. The molecule has 0 aliphatic carbocycles.